The van der Waals surface area contributed by atoms with Gasteiger partial charge in [-0.25, -0.2) is 0 Å². The summed E-state index contributed by atoms with van der Waals surface area (Å²) in [7, 11) is 0. The van der Waals surface area contributed by atoms with E-state index in [1.165, 1.54) is 6.92 Å². The van der Waals surface area contributed by atoms with Gasteiger partial charge in [0, 0.05) is 53.8 Å². The topological polar surface area (TPSA) is 44.0 Å². The van der Waals surface area contributed by atoms with Crippen LogP contribution in [0.2, 0.25) is 0 Å². The van der Waals surface area contributed by atoms with Gasteiger partial charge in [0.1, 0.15) is 0 Å². The Morgan fingerprint density at radius 1 is 1.75 bits per heavy atom. The van der Waals surface area contributed by atoms with E-state index in [9.17, 15) is 0 Å². The van der Waals surface area contributed by atoms with Gasteiger partial charge in [0.25, 0.3) is 0 Å². The molecule has 41 valence electrons. The van der Waals surface area contributed by atoms with Gasteiger partial charge in [-0.2, -0.15) is 0 Å². The maximum atomic E-state index is 7.83. The maximum absolute atomic E-state index is 7.83. The molecule has 0 spiro atoms. The first-order valence-electron chi connectivity index (χ1n) is 1.45. The smallest absolute Gasteiger partial charge is 0 e. The first kappa shape index (κ1) is 15.9. The standard InChI is InChI=1S/C4H4NO.W.Y/c1-4(2-5)3-6;;/h6H,1H3;;/q-1;;. The molecule has 0 fully saturated rings. The molecule has 0 aliphatic rings. The molecule has 0 saturated carbocycles. The van der Waals surface area contributed by atoms with Gasteiger partial charge in [-0.15, -0.1) is 11.6 Å². The van der Waals surface area contributed by atoms with Crippen LogP contribution in [0.1, 0.15) is 6.92 Å². The zero-order chi connectivity index (χ0) is 4.99. The molecule has 1 N–H and O–H groups in total. The summed E-state index contributed by atoms with van der Waals surface area (Å²) < 4.78 is 0. The summed E-state index contributed by atoms with van der Waals surface area (Å²) in [6, 6.07) is 1.67. The van der Waals surface area contributed by atoms with Crippen LogP contribution >= 0.6 is 0 Å². The number of allylic oxidation sites excluding steroid dienone is 1. The van der Waals surface area contributed by atoms with Gasteiger partial charge in [-0.3, -0.25) is 0 Å². The van der Waals surface area contributed by atoms with E-state index < -0.39 is 0 Å². The first-order valence-corrected chi connectivity index (χ1v) is 1.45. The van der Waals surface area contributed by atoms with Crippen molar-refractivity contribution in [2.24, 2.45) is 0 Å². The molecule has 0 saturated heterocycles. The van der Waals surface area contributed by atoms with Gasteiger partial charge in [-0.1, -0.05) is 13.2 Å². The van der Waals surface area contributed by atoms with Gasteiger partial charge in [0.2, 0.25) is 0 Å². The van der Waals surface area contributed by atoms with E-state index in [-0.39, 0.29) is 59.3 Å². The van der Waals surface area contributed by atoms with Crippen molar-refractivity contribution in [3.8, 4) is 6.07 Å². The van der Waals surface area contributed by atoms with Crippen molar-refractivity contribution in [3.63, 3.8) is 0 Å². The number of aliphatic hydroxyl groups excluding tert-OH is 1. The number of nitrogens with zero attached hydrogens (tertiary/aromatic N) is 1. The van der Waals surface area contributed by atoms with Crippen LogP contribution in [0, 0.1) is 17.6 Å². The minimum absolute atomic E-state index is 0. The van der Waals surface area contributed by atoms with Crippen LogP contribution in [0.15, 0.2) is 5.57 Å². The molecule has 0 bridgehead atoms. The van der Waals surface area contributed by atoms with Crippen LogP contribution in [0.5, 0.6) is 0 Å². The fourth-order valence-corrected chi connectivity index (χ4v) is 0.0250. The second kappa shape index (κ2) is 10.7. The average Bonchev–Trinajstić information content (AvgIpc) is 1.65. The number of rotatable bonds is 0. The zero-order valence-electron chi connectivity index (χ0n) is 4.38. The van der Waals surface area contributed by atoms with Crippen molar-refractivity contribution in [1.82, 2.24) is 0 Å². The van der Waals surface area contributed by atoms with Crippen molar-refractivity contribution in [1.29, 1.82) is 5.26 Å². The molecule has 8 heavy (non-hydrogen) atoms. The van der Waals surface area contributed by atoms with E-state index in [1.807, 2.05) is 0 Å². The molecule has 1 radical (unpaired) electrons. The molecule has 0 aromatic rings. The molecule has 0 heterocycles. The van der Waals surface area contributed by atoms with E-state index in [4.69, 9.17) is 10.4 Å². The van der Waals surface area contributed by atoms with Gasteiger partial charge < -0.3 is 10.4 Å². The molecule has 0 aliphatic carbocycles. The summed E-state index contributed by atoms with van der Waals surface area (Å²) in [5.41, 5.74) is 0.204. The second-order valence-corrected chi connectivity index (χ2v) is 0.849. The summed E-state index contributed by atoms with van der Waals surface area (Å²) in [5, 5.41) is 15.7. The third-order valence-electron chi connectivity index (χ3n) is 0.335. The van der Waals surface area contributed by atoms with Crippen LogP contribution in [0.25, 0.3) is 0 Å². The number of aliphatic hydroxyl groups is 1. The van der Waals surface area contributed by atoms with Gasteiger partial charge in [0.15, 0.2) is 0 Å². The second-order valence-electron chi connectivity index (χ2n) is 0.849. The Kier molecular flexibility index (Phi) is 21.4. The molecule has 0 atom stereocenters. The molecule has 2 nitrogen and oxygen atoms in total. The first-order chi connectivity index (χ1) is 2.81. The molecular weight excluding hydrogens is 351 g/mol. The van der Waals surface area contributed by atoms with E-state index in [0.717, 1.165) is 0 Å². The Labute approximate surface area is 88.1 Å². The number of nitriles is 1. The van der Waals surface area contributed by atoms with Crippen LogP contribution in [-0.2, 0) is 53.8 Å². The predicted molar refractivity (Wildman–Crippen MR) is 20.7 cm³/mol. The molecule has 0 aromatic carbocycles. The van der Waals surface area contributed by atoms with Gasteiger partial charge >= 0.3 is 0 Å². The molecule has 0 amide bonds. The van der Waals surface area contributed by atoms with Crippen LogP contribution < -0.4 is 0 Å². The fourth-order valence-electron chi connectivity index (χ4n) is 0.0250. The summed E-state index contributed by atoms with van der Waals surface area (Å²) in [5.74, 6) is 0. The van der Waals surface area contributed by atoms with Crippen LogP contribution in [0.3, 0.4) is 0 Å². The van der Waals surface area contributed by atoms with E-state index in [0.29, 0.717) is 0 Å². The molecule has 0 aromatic heterocycles. The summed E-state index contributed by atoms with van der Waals surface area (Å²) in [6.07, 6.45) is 1.67. The van der Waals surface area contributed by atoms with Gasteiger partial charge in [-0.05, 0) is 0 Å². The molecule has 0 aliphatic heterocycles. The van der Waals surface area contributed by atoms with Crippen molar-refractivity contribution in [3.05, 3.63) is 11.8 Å². The predicted octanol–water partition coefficient (Wildman–Crippen LogP) is 0.770. The molecule has 0 unspecified atom stereocenters. The van der Waals surface area contributed by atoms with E-state index in [2.05, 4.69) is 0 Å². The summed E-state index contributed by atoms with van der Waals surface area (Å²) in [4.78, 5) is 0. The third kappa shape index (κ3) is 9.95. The monoisotopic (exact) mass is 355 g/mol. The van der Waals surface area contributed by atoms with Crippen molar-refractivity contribution >= 4 is 0 Å². The third-order valence-corrected chi connectivity index (χ3v) is 0.335. The Morgan fingerprint density at radius 3 is 2.12 bits per heavy atom. The SMILES string of the molecule is CC(C#N)=[C-]O.[W].[Y]. The van der Waals surface area contributed by atoms with Crippen molar-refractivity contribution in [2.45, 2.75) is 6.92 Å². The van der Waals surface area contributed by atoms with E-state index in [1.54, 1.807) is 12.3 Å². The summed E-state index contributed by atoms with van der Waals surface area (Å²) in [6.45, 7) is 1.47. The number of hydrogen-bond acceptors (Lipinski definition) is 2. The molecule has 4 heteroatoms. The Hall–Kier alpha value is 0.822. The van der Waals surface area contributed by atoms with Gasteiger partial charge in [0.05, 0.1) is 0 Å². The zero-order valence-corrected chi connectivity index (χ0v) is 10.2. The Balaban J connectivity index is -0.000000125. The quantitative estimate of drug-likeness (QED) is 0.397. The largest absolute Gasteiger partial charge is 0.606 e. The van der Waals surface area contributed by atoms with Crippen molar-refractivity contribution in [2.75, 3.05) is 0 Å². The van der Waals surface area contributed by atoms with E-state index >= 15 is 0 Å². The fraction of sp³-hybridized carbons (Fsp3) is 0.250. The Bertz CT molecular complexity index is 107. The van der Waals surface area contributed by atoms with Crippen LogP contribution in [0.4, 0.5) is 0 Å². The molecular formula is C4H4NOWY-. The summed E-state index contributed by atoms with van der Waals surface area (Å²) >= 11 is 0. The average molecular weight is 355 g/mol. The van der Waals surface area contributed by atoms with Crippen molar-refractivity contribution < 1.29 is 58.9 Å². The minimum Gasteiger partial charge on any atom is -0.606 e. The number of hydrogen-bond donors (Lipinski definition) is 1. The van der Waals surface area contributed by atoms with Crippen LogP contribution in [-0.4, -0.2) is 5.11 Å². The molecule has 0 rings (SSSR count). The minimum atomic E-state index is 0. The Morgan fingerprint density at radius 2 is 2.12 bits per heavy atom. The maximum Gasteiger partial charge on any atom is 0 e. The normalized spacial score (nSPS) is 7.75.